The minimum Gasteiger partial charge on any atom is -0.497 e. The number of hydrazine groups is 1. The van der Waals surface area contributed by atoms with Gasteiger partial charge in [0.25, 0.3) is 5.91 Å². The predicted molar refractivity (Wildman–Crippen MR) is 164 cm³/mol. The molecule has 43 heavy (non-hydrogen) atoms. The summed E-state index contributed by atoms with van der Waals surface area (Å²) in [4.78, 5) is 51.2. The van der Waals surface area contributed by atoms with E-state index in [4.69, 9.17) is 10.5 Å². The Morgan fingerprint density at radius 2 is 1.40 bits per heavy atom. The molecule has 0 radical (unpaired) electrons. The number of aliphatic hydroxyl groups is 1. The summed E-state index contributed by atoms with van der Waals surface area (Å²) in [5.74, 6) is -2.58. The number of methoxy groups -OCH3 is 1. The number of nitrogens with one attached hydrogen (secondary N) is 3. The number of Topliss-reactive ketones (excluding diaryl/α,β-unsaturated/α-hetero) is 1. The first kappa shape index (κ1) is 35.4. The van der Waals surface area contributed by atoms with Gasteiger partial charge in [0.2, 0.25) is 11.8 Å². The Hall–Kier alpha value is -3.80. The number of hydrogen-bond donors (Lipinski definition) is 5. The van der Waals surface area contributed by atoms with Crippen LogP contribution in [0.3, 0.4) is 0 Å². The number of nitrogens with zero attached hydrogens (tertiary/aromatic N) is 1. The van der Waals surface area contributed by atoms with Gasteiger partial charge in [-0.3, -0.25) is 24.6 Å². The lowest BCUT2D eigenvalue weighted by Crippen LogP contribution is -2.57. The van der Waals surface area contributed by atoms with Crippen molar-refractivity contribution in [2.24, 2.45) is 23.5 Å². The molecule has 0 heterocycles. The van der Waals surface area contributed by atoms with Crippen LogP contribution < -0.4 is 26.5 Å². The molecule has 11 nitrogen and oxygen atoms in total. The molecule has 11 heteroatoms. The summed E-state index contributed by atoms with van der Waals surface area (Å²) in [6.07, 6.45) is -1.35. The Bertz CT molecular complexity index is 1200. The number of ether oxygens (including phenoxy) is 1. The molecule has 3 amide bonds. The van der Waals surface area contributed by atoms with E-state index in [9.17, 15) is 24.3 Å². The van der Waals surface area contributed by atoms with Crippen LogP contribution in [0.1, 0.15) is 58.7 Å². The van der Waals surface area contributed by atoms with E-state index in [1.165, 1.54) is 18.9 Å². The van der Waals surface area contributed by atoms with Gasteiger partial charge in [-0.25, -0.2) is 5.01 Å². The number of hydrogen-bond acceptors (Lipinski definition) is 8. The van der Waals surface area contributed by atoms with Gasteiger partial charge in [-0.15, -0.1) is 0 Å². The van der Waals surface area contributed by atoms with E-state index in [0.717, 1.165) is 5.56 Å². The van der Waals surface area contributed by atoms with Gasteiger partial charge in [0.05, 0.1) is 25.2 Å². The first-order chi connectivity index (χ1) is 20.2. The van der Waals surface area contributed by atoms with E-state index in [-0.39, 0.29) is 36.7 Å². The molecule has 2 unspecified atom stereocenters. The number of ketones is 1. The zero-order valence-electron chi connectivity index (χ0n) is 26.2. The summed E-state index contributed by atoms with van der Waals surface area (Å²) in [5.41, 5.74) is 10.9. The average Bonchev–Trinajstić information content (AvgIpc) is 2.94. The monoisotopic (exact) mass is 597 g/mol. The Labute approximate surface area is 254 Å². The first-order valence-electron chi connectivity index (χ1n) is 14.5. The summed E-state index contributed by atoms with van der Waals surface area (Å²) >= 11 is 0. The number of benzene rings is 2. The van der Waals surface area contributed by atoms with Crippen molar-refractivity contribution in [3.63, 3.8) is 0 Å². The van der Waals surface area contributed by atoms with Gasteiger partial charge in [0.1, 0.15) is 11.8 Å². The Morgan fingerprint density at radius 3 is 1.88 bits per heavy atom. The lowest BCUT2D eigenvalue weighted by Gasteiger charge is -2.35. The topological polar surface area (TPSA) is 163 Å². The maximum Gasteiger partial charge on any atom is 0.257 e. The second-order valence-corrected chi connectivity index (χ2v) is 11.5. The number of nitrogens with two attached hydrogens (primary N) is 1. The fraction of sp³-hybridized carbons (Fsp3) is 0.500. The van der Waals surface area contributed by atoms with E-state index < -0.39 is 41.8 Å². The molecular weight excluding hydrogens is 550 g/mol. The van der Waals surface area contributed by atoms with Crippen LogP contribution in [-0.2, 0) is 25.7 Å². The van der Waals surface area contributed by atoms with Crippen molar-refractivity contribution in [3.05, 3.63) is 65.7 Å². The smallest absolute Gasteiger partial charge is 0.257 e. The highest BCUT2D eigenvalue weighted by atomic mass is 16.5. The zero-order chi connectivity index (χ0) is 32.3. The van der Waals surface area contributed by atoms with Gasteiger partial charge in [-0.05, 0) is 35.1 Å². The van der Waals surface area contributed by atoms with Crippen LogP contribution in [0.4, 0.5) is 0 Å². The number of rotatable bonds is 16. The maximum absolute atomic E-state index is 14.0. The quantitative estimate of drug-likeness (QED) is 0.184. The SMILES string of the molecule is COc1ccc(CN(C[C@H](O)C(C(=O)[C@@H](NC(C)=O)C(C)C)C(N)c2ccccc2)NC(=O)[C@@H](NC(C)=O)C(C)C)cc1. The van der Waals surface area contributed by atoms with Gasteiger partial charge < -0.3 is 26.2 Å². The number of carbonyl (C=O) groups is 4. The molecule has 0 aliphatic heterocycles. The molecule has 2 rings (SSSR count). The van der Waals surface area contributed by atoms with Crippen LogP contribution >= 0.6 is 0 Å². The largest absolute Gasteiger partial charge is 0.497 e. The lowest BCUT2D eigenvalue weighted by molar-refractivity contribution is -0.136. The summed E-state index contributed by atoms with van der Waals surface area (Å²) in [6, 6.07) is 13.5. The Morgan fingerprint density at radius 1 is 0.860 bits per heavy atom. The number of carbonyl (C=O) groups excluding carboxylic acids is 4. The minimum absolute atomic E-state index is 0.165. The van der Waals surface area contributed by atoms with Gasteiger partial charge in [0.15, 0.2) is 5.78 Å². The predicted octanol–water partition coefficient (Wildman–Crippen LogP) is 2.10. The van der Waals surface area contributed by atoms with E-state index >= 15 is 0 Å². The summed E-state index contributed by atoms with van der Waals surface area (Å²) in [5, 5.41) is 18.6. The van der Waals surface area contributed by atoms with Crippen LogP contribution in [0.5, 0.6) is 5.75 Å². The fourth-order valence-electron chi connectivity index (χ4n) is 4.90. The molecule has 2 aromatic rings. The third kappa shape index (κ3) is 10.8. The number of amides is 3. The van der Waals surface area contributed by atoms with Crippen LogP contribution in [0.25, 0.3) is 0 Å². The molecule has 2 aromatic carbocycles. The summed E-state index contributed by atoms with van der Waals surface area (Å²) < 4.78 is 5.25. The first-order valence-corrected chi connectivity index (χ1v) is 14.5. The van der Waals surface area contributed by atoms with Gasteiger partial charge >= 0.3 is 0 Å². The Balaban J connectivity index is 2.49. The second-order valence-electron chi connectivity index (χ2n) is 11.5. The molecule has 0 saturated carbocycles. The van der Waals surface area contributed by atoms with Gasteiger partial charge in [0, 0.05) is 33.0 Å². The minimum atomic E-state index is -1.35. The van der Waals surface area contributed by atoms with E-state index in [1.807, 2.05) is 32.0 Å². The molecule has 0 saturated heterocycles. The third-order valence-corrected chi connectivity index (χ3v) is 7.16. The van der Waals surface area contributed by atoms with Crippen molar-refractivity contribution < 1.29 is 29.0 Å². The average molecular weight is 598 g/mol. The highest BCUT2D eigenvalue weighted by Crippen LogP contribution is 2.27. The van der Waals surface area contributed by atoms with Crippen LogP contribution in [0.15, 0.2) is 54.6 Å². The third-order valence-electron chi connectivity index (χ3n) is 7.16. The Kier molecular flexibility index (Phi) is 13.8. The molecule has 0 fully saturated rings. The molecule has 0 aliphatic carbocycles. The second kappa shape index (κ2) is 16.7. The maximum atomic E-state index is 14.0. The van der Waals surface area contributed by atoms with Crippen LogP contribution in [-0.4, -0.2) is 65.5 Å². The highest BCUT2D eigenvalue weighted by molar-refractivity contribution is 5.91. The van der Waals surface area contributed by atoms with Gasteiger partial charge in [-0.1, -0.05) is 70.2 Å². The van der Waals surface area contributed by atoms with Crippen molar-refractivity contribution in [1.29, 1.82) is 0 Å². The molecule has 6 N–H and O–H groups in total. The highest BCUT2D eigenvalue weighted by Gasteiger charge is 2.40. The lowest BCUT2D eigenvalue weighted by atomic mass is 9.80. The van der Waals surface area contributed by atoms with Crippen molar-refractivity contribution in [1.82, 2.24) is 21.1 Å². The molecule has 0 aromatic heterocycles. The molecule has 236 valence electrons. The van der Waals surface area contributed by atoms with E-state index in [0.29, 0.717) is 11.3 Å². The molecule has 5 atom stereocenters. The standard InChI is InChI=1S/C32H47N5O6/c1-19(2)29(34-21(5)38)31(41)27(28(33)24-11-9-8-10-12-24)26(40)18-37(17-23-13-15-25(43-7)16-14-23)36-32(42)30(20(3)4)35-22(6)39/h8-16,19-20,26-30,40H,17-18,33H2,1-7H3,(H,34,38)(H,35,39)(H,36,42)/t26-,27?,28?,29-,30-/m0/s1. The van der Waals surface area contributed by atoms with E-state index in [2.05, 4.69) is 16.1 Å². The summed E-state index contributed by atoms with van der Waals surface area (Å²) in [6.45, 7) is 9.89. The fourth-order valence-corrected chi connectivity index (χ4v) is 4.90. The van der Waals surface area contributed by atoms with Crippen LogP contribution in [0.2, 0.25) is 0 Å². The van der Waals surface area contributed by atoms with Crippen molar-refractivity contribution >= 4 is 23.5 Å². The summed E-state index contributed by atoms with van der Waals surface area (Å²) in [7, 11) is 1.56. The van der Waals surface area contributed by atoms with E-state index in [1.54, 1.807) is 57.4 Å². The molecule has 0 aliphatic rings. The van der Waals surface area contributed by atoms with Crippen molar-refractivity contribution in [3.8, 4) is 5.75 Å². The number of aliphatic hydroxyl groups excluding tert-OH is 1. The van der Waals surface area contributed by atoms with Gasteiger partial charge in [-0.2, -0.15) is 0 Å². The molecular formula is C32H47N5O6. The normalized spacial score (nSPS) is 14.9. The van der Waals surface area contributed by atoms with Crippen LogP contribution in [0, 0.1) is 17.8 Å². The van der Waals surface area contributed by atoms with Crippen molar-refractivity contribution in [2.45, 2.75) is 72.3 Å². The van der Waals surface area contributed by atoms with Crippen molar-refractivity contribution in [2.75, 3.05) is 13.7 Å². The molecule has 0 bridgehead atoms. The molecule has 0 spiro atoms. The zero-order valence-corrected chi connectivity index (χ0v) is 26.2.